The molecule has 0 amide bonds. The zero-order valence-corrected chi connectivity index (χ0v) is 14.6. The summed E-state index contributed by atoms with van der Waals surface area (Å²) in [6, 6.07) is 10.2. The Morgan fingerprint density at radius 2 is 1.68 bits per heavy atom. The molecule has 0 fully saturated rings. The van der Waals surface area contributed by atoms with Crippen LogP contribution in [-0.4, -0.2) is 25.4 Å². The number of alkyl halides is 1. The highest BCUT2D eigenvalue weighted by Crippen LogP contribution is 2.20. The van der Waals surface area contributed by atoms with Crippen molar-refractivity contribution in [1.82, 2.24) is 0 Å². The van der Waals surface area contributed by atoms with E-state index in [1.807, 2.05) is 37.3 Å². The van der Waals surface area contributed by atoms with E-state index in [9.17, 15) is 0 Å². The molecule has 22 heavy (non-hydrogen) atoms. The Morgan fingerprint density at radius 1 is 0.955 bits per heavy atom. The number of hydrogen-bond acceptors (Lipinski definition) is 3. The minimum absolute atomic E-state index is 0.0446. The van der Waals surface area contributed by atoms with Crippen molar-refractivity contribution in [3.05, 3.63) is 35.9 Å². The van der Waals surface area contributed by atoms with Gasteiger partial charge in [-0.05, 0) is 13.3 Å². The third-order valence-electron chi connectivity index (χ3n) is 3.42. The van der Waals surface area contributed by atoms with Gasteiger partial charge in [0.2, 0.25) is 0 Å². The van der Waals surface area contributed by atoms with Gasteiger partial charge in [0.25, 0.3) is 0 Å². The summed E-state index contributed by atoms with van der Waals surface area (Å²) in [5, 5.41) is 0. The molecule has 4 heteroatoms. The molecule has 0 aromatic heterocycles. The molecule has 0 heterocycles. The maximum absolute atomic E-state index is 5.93. The van der Waals surface area contributed by atoms with Gasteiger partial charge in [-0.2, -0.15) is 0 Å². The molecule has 0 saturated heterocycles. The van der Waals surface area contributed by atoms with Crippen molar-refractivity contribution in [1.29, 1.82) is 0 Å². The number of unbranched alkanes of at least 4 members (excludes halogenated alkanes) is 4. The van der Waals surface area contributed by atoms with E-state index in [-0.39, 0.29) is 18.5 Å². The molecule has 0 radical (unpaired) electrons. The van der Waals surface area contributed by atoms with Crippen molar-refractivity contribution in [2.45, 2.75) is 58.3 Å². The predicted octanol–water partition coefficient (Wildman–Crippen LogP) is 5.29. The Bertz CT molecular complexity index is 359. The molecule has 1 rings (SSSR count). The summed E-state index contributed by atoms with van der Waals surface area (Å²) < 4.78 is 17.1. The molecule has 126 valence electrons. The summed E-state index contributed by atoms with van der Waals surface area (Å²) in [6.07, 6.45) is 5.73. The third-order valence-corrected chi connectivity index (χ3v) is 3.54. The third kappa shape index (κ3) is 8.74. The average Bonchev–Trinajstić information content (AvgIpc) is 2.54. The Labute approximate surface area is 139 Å². The van der Waals surface area contributed by atoms with Crippen molar-refractivity contribution in [2.24, 2.45) is 0 Å². The lowest BCUT2D eigenvalue weighted by atomic mass is 10.2. The van der Waals surface area contributed by atoms with Crippen molar-refractivity contribution in [3.63, 3.8) is 0 Å². The SMILES string of the molecule is CCCCCCCOC(OCC(C)OCCl)c1ccccc1. The van der Waals surface area contributed by atoms with Gasteiger partial charge < -0.3 is 14.2 Å². The zero-order valence-electron chi connectivity index (χ0n) is 13.8. The highest BCUT2D eigenvalue weighted by Gasteiger charge is 2.14. The molecular formula is C18H29ClO3. The van der Waals surface area contributed by atoms with E-state index in [0.717, 1.165) is 12.0 Å². The number of ether oxygens (including phenoxy) is 3. The first-order valence-corrected chi connectivity index (χ1v) is 8.77. The molecule has 0 spiro atoms. The largest absolute Gasteiger partial charge is 0.360 e. The van der Waals surface area contributed by atoms with E-state index < -0.39 is 0 Å². The van der Waals surface area contributed by atoms with E-state index >= 15 is 0 Å². The number of halogens is 1. The highest BCUT2D eigenvalue weighted by molar-refractivity contribution is 6.17. The smallest absolute Gasteiger partial charge is 0.183 e. The molecule has 1 aromatic carbocycles. The van der Waals surface area contributed by atoms with Crippen LogP contribution in [0, 0.1) is 0 Å². The first-order valence-electron chi connectivity index (χ1n) is 8.23. The lowest BCUT2D eigenvalue weighted by Gasteiger charge is -2.21. The predicted molar refractivity (Wildman–Crippen MR) is 91.1 cm³/mol. The summed E-state index contributed by atoms with van der Waals surface area (Å²) in [4.78, 5) is 0. The standard InChI is InChI=1S/C18H29ClO3/c1-3-4-5-6-10-13-20-18(17-11-8-7-9-12-17)21-14-16(2)22-15-19/h7-9,11-12,16,18H,3-6,10,13-15H2,1-2H3. The molecule has 0 saturated carbocycles. The fourth-order valence-electron chi connectivity index (χ4n) is 2.13. The van der Waals surface area contributed by atoms with Gasteiger partial charge in [0.15, 0.2) is 6.29 Å². The Kier molecular flexibility index (Phi) is 11.4. The molecule has 0 aliphatic rings. The van der Waals surface area contributed by atoms with Crippen LogP contribution < -0.4 is 0 Å². The summed E-state index contributed by atoms with van der Waals surface area (Å²) >= 11 is 5.56. The fraction of sp³-hybridized carbons (Fsp3) is 0.667. The number of rotatable bonds is 13. The second kappa shape index (κ2) is 12.9. The molecule has 0 aliphatic carbocycles. The Hall–Kier alpha value is -0.610. The van der Waals surface area contributed by atoms with Gasteiger partial charge in [-0.1, -0.05) is 74.5 Å². The van der Waals surface area contributed by atoms with Crippen LogP contribution in [0.4, 0.5) is 0 Å². The lowest BCUT2D eigenvalue weighted by Crippen LogP contribution is -2.19. The van der Waals surface area contributed by atoms with Crippen molar-refractivity contribution >= 4 is 11.6 Å². The molecule has 0 bridgehead atoms. The van der Waals surface area contributed by atoms with E-state index in [1.54, 1.807) is 0 Å². The zero-order chi connectivity index (χ0) is 16.0. The van der Waals surface area contributed by atoms with Crippen LogP contribution in [0.15, 0.2) is 30.3 Å². The molecule has 0 aliphatic heterocycles. The summed E-state index contributed by atoms with van der Waals surface area (Å²) in [7, 11) is 0. The van der Waals surface area contributed by atoms with Gasteiger partial charge in [-0.25, -0.2) is 0 Å². The summed E-state index contributed by atoms with van der Waals surface area (Å²) in [6.45, 7) is 5.34. The number of benzene rings is 1. The quantitative estimate of drug-likeness (QED) is 0.280. The van der Waals surface area contributed by atoms with Gasteiger partial charge in [0, 0.05) is 5.56 Å². The summed E-state index contributed by atoms with van der Waals surface area (Å²) in [5.41, 5.74) is 1.04. The topological polar surface area (TPSA) is 27.7 Å². The van der Waals surface area contributed by atoms with Crippen LogP contribution in [0.25, 0.3) is 0 Å². The van der Waals surface area contributed by atoms with Crippen molar-refractivity contribution in [3.8, 4) is 0 Å². The van der Waals surface area contributed by atoms with Crippen molar-refractivity contribution < 1.29 is 14.2 Å². The Morgan fingerprint density at radius 3 is 2.36 bits per heavy atom. The molecule has 3 nitrogen and oxygen atoms in total. The van der Waals surface area contributed by atoms with Gasteiger partial charge in [0.1, 0.15) is 6.07 Å². The average molecular weight is 329 g/mol. The van der Waals surface area contributed by atoms with Crippen LogP contribution >= 0.6 is 11.6 Å². The highest BCUT2D eigenvalue weighted by atomic mass is 35.5. The maximum Gasteiger partial charge on any atom is 0.183 e. The lowest BCUT2D eigenvalue weighted by molar-refractivity contribution is -0.164. The maximum atomic E-state index is 5.93. The van der Waals surface area contributed by atoms with Crippen LogP contribution in [0.1, 0.15) is 57.8 Å². The fourth-order valence-corrected chi connectivity index (χ4v) is 2.34. The van der Waals surface area contributed by atoms with Gasteiger partial charge >= 0.3 is 0 Å². The Balaban J connectivity index is 2.38. The first kappa shape index (κ1) is 19.4. The summed E-state index contributed by atoms with van der Waals surface area (Å²) in [5.74, 6) is 0. The monoisotopic (exact) mass is 328 g/mol. The van der Waals surface area contributed by atoms with Crippen LogP contribution in [0.5, 0.6) is 0 Å². The molecule has 2 unspecified atom stereocenters. The molecular weight excluding hydrogens is 300 g/mol. The van der Waals surface area contributed by atoms with Crippen molar-refractivity contribution in [2.75, 3.05) is 19.3 Å². The molecule has 1 aromatic rings. The van der Waals surface area contributed by atoms with Crippen LogP contribution in [-0.2, 0) is 14.2 Å². The van der Waals surface area contributed by atoms with E-state index in [1.165, 1.54) is 25.7 Å². The van der Waals surface area contributed by atoms with Crippen LogP contribution in [0.3, 0.4) is 0 Å². The van der Waals surface area contributed by atoms with E-state index in [4.69, 9.17) is 25.8 Å². The first-order chi connectivity index (χ1) is 10.8. The van der Waals surface area contributed by atoms with Gasteiger partial charge in [-0.3, -0.25) is 0 Å². The second-order valence-corrected chi connectivity index (χ2v) is 5.67. The van der Waals surface area contributed by atoms with Gasteiger partial charge in [-0.15, -0.1) is 0 Å². The molecule has 0 N–H and O–H groups in total. The minimum Gasteiger partial charge on any atom is -0.360 e. The van der Waals surface area contributed by atoms with Gasteiger partial charge in [0.05, 0.1) is 19.3 Å². The van der Waals surface area contributed by atoms with E-state index in [2.05, 4.69) is 6.92 Å². The van der Waals surface area contributed by atoms with E-state index in [0.29, 0.717) is 13.2 Å². The molecule has 2 atom stereocenters. The normalized spacial score (nSPS) is 14.0. The van der Waals surface area contributed by atoms with Crippen LogP contribution in [0.2, 0.25) is 0 Å². The minimum atomic E-state index is -0.339. The second-order valence-electron chi connectivity index (χ2n) is 5.45. The number of hydrogen-bond donors (Lipinski definition) is 0.